The Hall–Kier alpha value is -1.30. The maximum absolute atomic E-state index is 11.1. The summed E-state index contributed by atoms with van der Waals surface area (Å²) in [6.45, 7) is 1.19. The van der Waals surface area contributed by atoms with Crippen molar-refractivity contribution >= 4 is 0 Å². The molecule has 0 saturated carbocycles. The zero-order valence-corrected chi connectivity index (χ0v) is 5.48. The molecule has 1 atom stereocenters. The average molecular weight is 168 g/mol. The van der Waals surface area contributed by atoms with E-state index < -0.39 is 12.3 Å². The first-order chi connectivity index (χ1) is 4.83. The molecule has 62 valence electrons. The predicted molar refractivity (Wildman–Crippen MR) is 27.9 cm³/mol. The molecule has 0 aliphatic heterocycles. The SMILES string of the molecule is CC(F)C#N.N#CC(F)(F)F. The molecule has 0 bridgehead atoms. The zero-order valence-electron chi connectivity index (χ0n) is 5.48. The van der Waals surface area contributed by atoms with Crippen molar-refractivity contribution in [1.29, 1.82) is 10.5 Å². The predicted octanol–water partition coefficient (Wildman–Crippen LogP) is 1.94. The Morgan fingerprint density at radius 3 is 1.45 bits per heavy atom. The third kappa shape index (κ3) is 28.5. The van der Waals surface area contributed by atoms with Crippen LogP contribution in [0.15, 0.2) is 0 Å². The highest BCUT2D eigenvalue weighted by atomic mass is 19.4. The van der Waals surface area contributed by atoms with Gasteiger partial charge in [0.05, 0.1) is 6.07 Å². The van der Waals surface area contributed by atoms with Gasteiger partial charge in [0.1, 0.15) is 0 Å². The standard InChI is InChI=1S/C3H4FN.C2F3N/c1-3(4)2-5;3-2(4,5)1-6/h3H,1H3;. The molecule has 0 saturated heterocycles. The molecule has 0 aliphatic carbocycles. The van der Waals surface area contributed by atoms with Crippen molar-refractivity contribution in [3.8, 4) is 12.1 Å². The average Bonchev–Trinajstić information content (AvgIpc) is 1.88. The Morgan fingerprint density at radius 1 is 1.27 bits per heavy atom. The van der Waals surface area contributed by atoms with Crippen LogP contribution in [0.1, 0.15) is 6.92 Å². The van der Waals surface area contributed by atoms with Crippen LogP contribution in [-0.4, -0.2) is 12.3 Å². The first-order valence-electron chi connectivity index (χ1n) is 2.35. The van der Waals surface area contributed by atoms with E-state index in [1.807, 2.05) is 0 Å². The molecule has 0 heterocycles. The van der Waals surface area contributed by atoms with Crippen molar-refractivity contribution < 1.29 is 17.6 Å². The summed E-state index contributed by atoms with van der Waals surface area (Å²) in [5, 5.41) is 14.5. The second kappa shape index (κ2) is 5.48. The molecule has 6 heteroatoms. The number of halogens is 4. The van der Waals surface area contributed by atoms with Crippen molar-refractivity contribution in [2.75, 3.05) is 0 Å². The molecule has 0 N–H and O–H groups in total. The minimum atomic E-state index is -4.65. The summed E-state index contributed by atoms with van der Waals surface area (Å²) in [6, 6.07) is 1.47. The summed E-state index contributed by atoms with van der Waals surface area (Å²) in [5.74, 6) is 0. The van der Waals surface area contributed by atoms with Crippen molar-refractivity contribution in [2.24, 2.45) is 0 Å². The second-order valence-electron chi connectivity index (χ2n) is 1.35. The molecule has 1 unspecified atom stereocenters. The van der Waals surface area contributed by atoms with Gasteiger partial charge in [-0.05, 0) is 6.92 Å². The summed E-state index contributed by atoms with van der Waals surface area (Å²) >= 11 is 0. The van der Waals surface area contributed by atoms with Crippen molar-refractivity contribution in [3.63, 3.8) is 0 Å². The van der Waals surface area contributed by atoms with E-state index in [1.165, 1.54) is 13.0 Å². The summed E-state index contributed by atoms with van der Waals surface area (Å²) in [4.78, 5) is 0. The molecular weight excluding hydrogens is 164 g/mol. The quantitative estimate of drug-likeness (QED) is 0.519. The van der Waals surface area contributed by atoms with Crippen LogP contribution >= 0.6 is 0 Å². The molecule has 0 aromatic rings. The summed E-state index contributed by atoms with van der Waals surface area (Å²) < 4.78 is 42.3. The van der Waals surface area contributed by atoms with E-state index in [0.29, 0.717) is 0 Å². The van der Waals surface area contributed by atoms with Crippen LogP contribution < -0.4 is 0 Å². The van der Waals surface area contributed by atoms with Crippen LogP contribution in [0.25, 0.3) is 0 Å². The van der Waals surface area contributed by atoms with E-state index in [-0.39, 0.29) is 6.07 Å². The van der Waals surface area contributed by atoms with E-state index in [9.17, 15) is 17.6 Å². The fourth-order valence-electron chi connectivity index (χ4n) is 0. The molecule has 0 aromatic heterocycles. The maximum atomic E-state index is 11.1. The maximum Gasteiger partial charge on any atom is 0.483 e. The Labute approximate surface area is 60.7 Å². The van der Waals surface area contributed by atoms with E-state index in [4.69, 9.17) is 10.5 Å². The molecule has 0 aliphatic rings. The lowest BCUT2D eigenvalue weighted by molar-refractivity contribution is -0.0717. The van der Waals surface area contributed by atoms with Gasteiger partial charge in [-0.2, -0.15) is 23.7 Å². The van der Waals surface area contributed by atoms with Gasteiger partial charge >= 0.3 is 6.18 Å². The molecule has 0 spiro atoms. The number of nitriles is 2. The van der Waals surface area contributed by atoms with Gasteiger partial charge in [-0.1, -0.05) is 0 Å². The molecule has 0 radical (unpaired) electrons. The van der Waals surface area contributed by atoms with Crippen molar-refractivity contribution in [3.05, 3.63) is 0 Å². The summed E-state index contributed by atoms with van der Waals surface area (Å²) in [7, 11) is 0. The normalized spacial score (nSPS) is 11.5. The Bertz CT molecular complexity index is 170. The number of hydrogen-bond acceptors (Lipinski definition) is 2. The van der Waals surface area contributed by atoms with E-state index in [0.717, 1.165) is 0 Å². The number of nitrogens with zero attached hydrogens (tertiary/aromatic N) is 2. The smallest absolute Gasteiger partial charge is 0.231 e. The lowest BCUT2D eigenvalue weighted by atomic mass is 10.5. The van der Waals surface area contributed by atoms with E-state index in [2.05, 4.69) is 0 Å². The van der Waals surface area contributed by atoms with Crippen LogP contribution in [0.5, 0.6) is 0 Å². The minimum absolute atomic E-state index is 0.104. The van der Waals surface area contributed by atoms with Crippen LogP contribution in [0, 0.1) is 22.7 Å². The zero-order chi connectivity index (χ0) is 9.49. The van der Waals surface area contributed by atoms with Crippen LogP contribution in [0.4, 0.5) is 17.6 Å². The monoisotopic (exact) mass is 168 g/mol. The van der Waals surface area contributed by atoms with Crippen molar-refractivity contribution in [1.82, 2.24) is 0 Å². The van der Waals surface area contributed by atoms with Crippen LogP contribution in [-0.2, 0) is 0 Å². The number of rotatable bonds is 0. The van der Waals surface area contributed by atoms with Gasteiger partial charge in [0.25, 0.3) is 0 Å². The third-order valence-electron chi connectivity index (χ3n) is 0.305. The van der Waals surface area contributed by atoms with Gasteiger partial charge in [-0.15, -0.1) is 0 Å². The van der Waals surface area contributed by atoms with Gasteiger partial charge in [0.2, 0.25) is 0 Å². The topological polar surface area (TPSA) is 47.6 Å². The molecule has 2 nitrogen and oxygen atoms in total. The fraction of sp³-hybridized carbons (Fsp3) is 0.600. The number of alkyl halides is 4. The third-order valence-corrected chi connectivity index (χ3v) is 0.305. The van der Waals surface area contributed by atoms with Gasteiger partial charge in [0, 0.05) is 0 Å². The van der Waals surface area contributed by atoms with Gasteiger partial charge in [0.15, 0.2) is 12.2 Å². The van der Waals surface area contributed by atoms with Crippen LogP contribution in [0.2, 0.25) is 0 Å². The first kappa shape index (κ1) is 12.4. The van der Waals surface area contributed by atoms with Gasteiger partial charge in [-0.25, -0.2) is 4.39 Å². The Kier molecular flexibility index (Phi) is 6.17. The van der Waals surface area contributed by atoms with Gasteiger partial charge in [-0.3, -0.25) is 0 Å². The second-order valence-corrected chi connectivity index (χ2v) is 1.35. The highest BCUT2D eigenvalue weighted by molar-refractivity contribution is 4.80. The first-order valence-corrected chi connectivity index (χ1v) is 2.35. The molecule has 11 heavy (non-hydrogen) atoms. The molecular formula is C5H4F4N2. The Balaban J connectivity index is 0. The highest BCUT2D eigenvalue weighted by Gasteiger charge is 2.25. The van der Waals surface area contributed by atoms with Crippen molar-refractivity contribution in [2.45, 2.75) is 19.3 Å². The fourth-order valence-corrected chi connectivity index (χ4v) is 0. The highest BCUT2D eigenvalue weighted by Crippen LogP contribution is 2.10. The minimum Gasteiger partial charge on any atom is -0.231 e. The van der Waals surface area contributed by atoms with E-state index >= 15 is 0 Å². The summed E-state index contributed by atoms with van der Waals surface area (Å²) in [5.41, 5.74) is 0. The molecule has 0 amide bonds. The molecule has 0 aromatic carbocycles. The summed E-state index contributed by atoms with van der Waals surface area (Å²) in [6.07, 6.45) is -5.96. The van der Waals surface area contributed by atoms with Crippen LogP contribution in [0.3, 0.4) is 0 Å². The lowest BCUT2D eigenvalue weighted by Gasteiger charge is -1.84. The van der Waals surface area contributed by atoms with Gasteiger partial charge < -0.3 is 0 Å². The molecule has 0 fully saturated rings. The Morgan fingerprint density at radius 2 is 1.45 bits per heavy atom. The number of hydrogen-bond donors (Lipinski definition) is 0. The molecule has 0 rings (SSSR count). The van der Waals surface area contributed by atoms with E-state index in [1.54, 1.807) is 0 Å². The lowest BCUT2D eigenvalue weighted by Crippen LogP contribution is -1.99. The largest absolute Gasteiger partial charge is 0.483 e.